The van der Waals surface area contributed by atoms with Gasteiger partial charge in [-0.3, -0.25) is 4.99 Å². The van der Waals surface area contributed by atoms with Crippen LogP contribution in [0.15, 0.2) is 11.1 Å². The van der Waals surface area contributed by atoms with Gasteiger partial charge in [0.1, 0.15) is 5.15 Å². The van der Waals surface area contributed by atoms with Gasteiger partial charge in [-0.1, -0.05) is 36.0 Å². The molecule has 0 radical (unpaired) electrons. The third-order valence-electron chi connectivity index (χ3n) is 4.30. The van der Waals surface area contributed by atoms with Gasteiger partial charge in [0.15, 0.2) is 5.96 Å². The number of aromatic nitrogens is 1. The zero-order valence-electron chi connectivity index (χ0n) is 14.4. The number of likely N-dealkylation sites (tertiary alicyclic amines) is 1. The minimum Gasteiger partial charge on any atom is -0.355 e. The third-order valence-corrected chi connectivity index (χ3v) is 5.14. The second-order valence-electron chi connectivity index (χ2n) is 5.94. The number of nitrogens with zero attached hydrogens (tertiary/aromatic N) is 3. The smallest absolute Gasteiger partial charge is 0.191 e. The highest BCUT2D eigenvalue weighted by atomic mass is 127. The van der Waals surface area contributed by atoms with Gasteiger partial charge in [-0.2, -0.15) is 0 Å². The summed E-state index contributed by atoms with van der Waals surface area (Å²) in [7, 11) is 3.69. The van der Waals surface area contributed by atoms with E-state index >= 15 is 0 Å². The van der Waals surface area contributed by atoms with Crippen LogP contribution in [-0.2, 0) is 13.6 Å². The van der Waals surface area contributed by atoms with Crippen molar-refractivity contribution < 1.29 is 0 Å². The second kappa shape index (κ2) is 11.4. The molecule has 1 aliphatic rings. The molecule has 1 aromatic rings. The Morgan fingerprint density at radius 3 is 2.38 bits per heavy atom. The Labute approximate surface area is 172 Å². The van der Waals surface area contributed by atoms with Crippen LogP contribution in [0, 0.1) is 0 Å². The summed E-state index contributed by atoms with van der Waals surface area (Å²) in [4.78, 5) is 6.80. The second-order valence-corrected chi connectivity index (χ2v) is 6.71. The summed E-state index contributed by atoms with van der Waals surface area (Å²) in [5.41, 5.74) is 1.02. The summed E-state index contributed by atoms with van der Waals surface area (Å²) in [5, 5.41) is 7.81. The van der Waals surface area contributed by atoms with E-state index in [-0.39, 0.29) is 24.0 Å². The van der Waals surface area contributed by atoms with Gasteiger partial charge in [0.25, 0.3) is 0 Å². The van der Waals surface area contributed by atoms with Gasteiger partial charge in [-0.05, 0) is 32.0 Å². The molecule has 24 heavy (non-hydrogen) atoms. The Balaban J connectivity index is 0.00000288. The molecule has 0 spiro atoms. The summed E-state index contributed by atoms with van der Waals surface area (Å²) in [6, 6.07) is 1.88. The first-order chi connectivity index (χ1) is 11.1. The van der Waals surface area contributed by atoms with Crippen LogP contribution in [0.1, 0.15) is 31.4 Å². The molecule has 138 valence electrons. The van der Waals surface area contributed by atoms with E-state index in [1.54, 1.807) is 7.05 Å². The molecular formula is C16H28Cl2IN5. The molecule has 0 aromatic carbocycles. The van der Waals surface area contributed by atoms with E-state index in [4.69, 9.17) is 23.2 Å². The molecule has 8 heteroatoms. The molecule has 0 unspecified atom stereocenters. The van der Waals surface area contributed by atoms with Crippen molar-refractivity contribution in [3.8, 4) is 0 Å². The molecule has 5 nitrogen and oxygen atoms in total. The highest BCUT2D eigenvalue weighted by molar-refractivity contribution is 14.0. The molecule has 0 aliphatic carbocycles. The molecule has 0 amide bonds. The van der Waals surface area contributed by atoms with E-state index in [2.05, 4.69) is 20.5 Å². The minimum atomic E-state index is 0. The molecule has 1 aliphatic heterocycles. The number of hydrogen-bond acceptors (Lipinski definition) is 2. The van der Waals surface area contributed by atoms with Crippen LogP contribution in [0.3, 0.4) is 0 Å². The van der Waals surface area contributed by atoms with Crippen molar-refractivity contribution in [2.24, 2.45) is 12.0 Å². The molecule has 1 saturated heterocycles. The monoisotopic (exact) mass is 487 g/mol. The zero-order valence-corrected chi connectivity index (χ0v) is 18.3. The molecule has 2 heterocycles. The van der Waals surface area contributed by atoms with Crippen molar-refractivity contribution in [2.45, 2.75) is 32.2 Å². The van der Waals surface area contributed by atoms with Crippen molar-refractivity contribution in [3.63, 3.8) is 0 Å². The average Bonchev–Trinajstić information content (AvgIpc) is 2.77. The molecule has 0 atom stereocenters. The molecule has 1 fully saturated rings. The first-order valence-corrected chi connectivity index (χ1v) is 9.04. The van der Waals surface area contributed by atoms with Crippen LogP contribution in [0.5, 0.6) is 0 Å². The van der Waals surface area contributed by atoms with Gasteiger partial charge >= 0.3 is 0 Å². The number of guanidine groups is 1. The van der Waals surface area contributed by atoms with E-state index in [0.29, 0.717) is 16.7 Å². The van der Waals surface area contributed by atoms with E-state index in [9.17, 15) is 0 Å². The SMILES string of the molecule is CN=C(NCCN1CCCCCC1)NCc1cc(Cl)c(Cl)n1C.I. The molecule has 1 aromatic heterocycles. The van der Waals surface area contributed by atoms with Crippen LogP contribution in [-0.4, -0.2) is 48.7 Å². The van der Waals surface area contributed by atoms with E-state index in [0.717, 1.165) is 24.7 Å². The van der Waals surface area contributed by atoms with Crippen molar-refractivity contribution >= 4 is 53.1 Å². The van der Waals surface area contributed by atoms with Gasteiger partial charge in [0, 0.05) is 32.9 Å². The van der Waals surface area contributed by atoms with Crippen molar-refractivity contribution in [1.82, 2.24) is 20.1 Å². The molecular weight excluding hydrogens is 460 g/mol. The summed E-state index contributed by atoms with van der Waals surface area (Å²) in [6.07, 6.45) is 5.38. The highest BCUT2D eigenvalue weighted by Gasteiger charge is 2.10. The fourth-order valence-corrected chi connectivity index (χ4v) is 3.26. The number of nitrogens with one attached hydrogen (secondary N) is 2. The van der Waals surface area contributed by atoms with Crippen LogP contribution < -0.4 is 10.6 Å². The van der Waals surface area contributed by atoms with Gasteiger partial charge in [-0.25, -0.2) is 0 Å². The maximum absolute atomic E-state index is 6.08. The molecule has 0 bridgehead atoms. The van der Waals surface area contributed by atoms with E-state index < -0.39 is 0 Å². The Bertz CT molecular complexity index is 525. The fourth-order valence-electron chi connectivity index (χ4n) is 2.85. The standard InChI is InChI=1S/C16H27Cl2N5.HI/c1-19-16(20-7-10-23-8-5-3-4-6-9-23)21-12-13-11-14(17)15(18)22(13)2;/h11H,3-10,12H2,1-2H3,(H2,19,20,21);1H. The lowest BCUT2D eigenvalue weighted by Crippen LogP contribution is -2.41. The zero-order chi connectivity index (χ0) is 16.7. The van der Waals surface area contributed by atoms with Crippen molar-refractivity contribution in [1.29, 1.82) is 0 Å². The lowest BCUT2D eigenvalue weighted by Gasteiger charge is -2.20. The van der Waals surface area contributed by atoms with Crippen molar-refractivity contribution in [2.75, 3.05) is 33.2 Å². The Hall–Kier alpha value is -0.180. The number of hydrogen-bond donors (Lipinski definition) is 2. The first-order valence-electron chi connectivity index (χ1n) is 8.28. The van der Waals surface area contributed by atoms with Crippen molar-refractivity contribution in [3.05, 3.63) is 21.9 Å². The van der Waals surface area contributed by atoms with E-state index in [1.165, 1.54) is 38.8 Å². The normalized spacial score (nSPS) is 16.4. The van der Waals surface area contributed by atoms with Crippen LogP contribution in [0.25, 0.3) is 0 Å². The van der Waals surface area contributed by atoms with Gasteiger partial charge in [-0.15, -0.1) is 24.0 Å². The maximum atomic E-state index is 6.08. The number of aliphatic imine (C=N–C) groups is 1. The maximum Gasteiger partial charge on any atom is 0.191 e. The number of halogens is 3. The first kappa shape index (κ1) is 21.9. The van der Waals surface area contributed by atoms with Crippen LogP contribution in [0.4, 0.5) is 0 Å². The Kier molecular flexibility index (Phi) is 10.4. The fraction of sp³-hybridized carbons (Fsp3) is 0.688. The summed E-state index contributed by atoms with van der Waals surface area (Å²) in [5.74, 6) is 0.799. The molecule has 2 rings (SSSR count). The molecule has 2 N–H and O–H groups in total. The minimum absolute atomic E-state index is 0. The number of rotatable bonds is 5. The lowest BCUT2D eigenvalue weighted by molar-refractivity contribution is 0.289. The average molecular weight is 488 g/mol. The quantitative estimate of drug-likeness (QED) is 0.379. The summed E-state index contributed by atoms with van der Waals surface area (Å²) < 4.78 is 1.88. The Morgan fingerprint density at radius 2 is 1.83 bits per heavy atom. The lowest BCUT2D eigenvalue weighted by atomic mass is 10.2. The van der Waals surface area contributed by atoms with Gasteiger partial charge in [0.05, 0.1) is 11.6 Å². The summed E-state index contributed by atoms with van der Waals surface area (Å²) >= 11 is 12.1. The Morgan fingerprint density at radius 1 is 1.17 bits per heavy atom. The largest absolute Gasteiger partial charge is 0.355 e. The van der Waals surface area contributed by atoms with E-state index in [1.807, 2.05) is 17.7 Å². The molecule has 0 saturated carbocycles. The topological polar surface area (TPSA) is 44.6 Å². The third kappa shape index (κ3) is 6.61. The highest BCUT2D eigenvalue weighted by Crippen LogP contribution is 2.24. The van der Waals surface area contributed by atoms with Gasteiger partial charge in [0.2, 0.25) is 0 Å². The predicted molar refractivity (Wildman–Crippen MR) is 114 cm³/mol. The predicted octanol–water partition coefficient (Wildman–Crippen LogP) is 3.49. The van der Waals surface area contributed by atoms with Crippen LogP contribution in [0.2, 0.25) is 10.2 Å². The van der Waals surface area contributed by atoms with Gasteiger partial charge < -0.3 is 20.1 Å². The van der Waals surface area contributed by atoms with Crippen LogP contribution >= 0.6 is 47.2 Å². The summed E-state index contributed by atoms with van der Waals surface area (Å²) in [6.45, 7) is 5.02.